The van der Waals surface area contributed by atoms with Crippen molar-refractivity contribution < 1.29 is 14.7 Å². The van der Waals surface area contributed by atoms with E-state index in [0.29, 0.717) is 10.3 Å². The first-order chi connectivity index (χ1) is 9.43. The van der Waals surface area contributed by atoms with Gasteiger partial charge in [0.15, 0.2) is 0 Å². The molecule has 0 aliphatic carbocycles. The molecule has 1 amide bonds. The summed E-state index contributed by atoms with van der Waals surface area (Å²) < 4.78 is 4.12. The van der Waals surface area contributed by atoms with Gasteiger partial charge < -0.3 is 5.11 Å². The minimum atomic E-state index is -0.963. The number of amides is 1. The molecule has 1 unspecified atom stereocenters. The van der Waals surface area contributed by atoms with Gasteiger partial charge in [0.2, 0.25) is 16.2 Å². The molecule has 1 rings (SSSR count). The molecule has 0 bridgehead atoms. The number of rotatable bonds is 8. The van der Waals surface area contributed by atoms with E-state index in [0.717, 1.165) is 23.7 Å². The second-order valence-electron chi connectivity index (χ2n) is 4.21. The van der Waals surface area contributed by atoms with E-state index in [1.165, 1.54) is 23.6 Å². The summed E-state index contributed by atoms with van der Waals surface area (Å²) in [4.78, 5) is 28.2. The summed E-state index contributed by atoms with van der Waals surface area (Å²) in [7, 11) is 1.58. The molecule has 0 saturated heterocycles. The van der Waals surface area contributed by atoms with Crippen LogP contribution in [0.2, 0.25) is 0 Å². The van der Waals surface area contributed by atoms with E-state index in [4.69, 9.17) is 5.11 Å². The van der Waals surface area contributed by atoms with Crippen molar-refractivity contribution in [2.75, 3.05) is 24.7 Å². The van der Waals surface area contributed by atoms with Crippen molar-refractivity contribution >= 4 is 40.3 Å². The molecule has 1 atom stereocenters. The number of nitrogens with one attached hydrogen (secondary N) is 1. The molecule has 0 aliphatic rings. The van der Waals surface area contributed by atoms with Crippen LogP contribution in [-0.2, 0) is 9.59 Å². The number of aromatic nitrogens is 2. The predicted octanol–water partition coefficient (Wildman–Crippen LogP) is 1.38. The van der Waals surface area contributed by atoms with Gasteiger partial charge in [-0.3, -0.25) is 19.8 Å². The summed E-state index contributed by atoms with van der Waals surface area (Å²) in [5.41, 5.74) is 0. The van der Waals surface area contributed by atoms with Crippen LogP contribution in [-0.4, -0.2) is 56.6 Å². The third-order valence-electron chi connectivity index (χ3n) is 2.50. The van der Waals surface area contributed by atoms with Gasteiger partial charge in [-0.15, -0.1) is 0 Å². The number of carboxylic acid groups (broad SMARTS) is 1. The van der Waals surface area contributed by atoms with Crippen LogP contribution in [0.15, 0.2) is 5.16 Å². The van der Waals surface area contributed by atoms with Crippen LogP contribution in [0.4, 0.5) is 5.13 Å². The molecule has 7 nitrogen and oxygen atoms in total. The third kappa shape index (κ3) is 5.43. The number of carbonyl (C=O) groups excluding carboxylic acids is 1. The van der Waals surface area contributed by atoms with Crippen molar-refractivity contribution in [3.8, 4) is 0 Å². The Balaban J connectivity index is 2.46. The van der Waals surface area contributed by atoms with Crippen LogP contribution >= 0.6 is 23.3 Å². The second-order valence-corrected chi connectivity index (χ2v) is 6.02. The van der Waals surface area contributed by atoms with E-state index in [2.05, 4.69) is 21.6 Å². The maximum absolute atomic E-state index is 11.8. The summed E-state index contributed by atoms with van der Waals surface area (Å²) in [5.74, 6) is -0.332. The first kappa shape index (κ1) is 16.9. The topological polar surface area (TPSA) is 95.4 Å². The summed E-state index contributed by atoms with van der Waals surface area (Å²) >= 11 is 2.66. The molecule has 0 spiro atoms. The lowest BCUT2D eigenvalue weighted by Crippen LogP contribution is -2.40. The second kappa shape index (κ2) is 8.18. The quantitative estimate of drug-likeness (QED) is 0.699. The zero-order valence-electron chi connectivity index (χ0n) is 11.6. The summed E-state index contributed by atoms with van der Waals surface area (Å²) in [6, 6.07) is -0.717. The van der Waals surface area contributed by atoms with Crippen molar-refractivity contribution in [1.29, 1.82) is 0 Å². The molecule has 2 N–H and O–H groups in total. The molecule has 1 aromatic rings. The van der Waals surface area contributed by atoms with Gasteiger partial charge in [-0.1, -0.05) is 18.7 Å². The molecular weight excluding hydrogens is 300 g/mol. The fraction of sp³-hybridized carbons (Fsp3) is 0.636. The zero-order valence-corrected chi connectivity index (χ0v) is 13.3. The van der Waals surface area contributed by atoms with Gasteiger partial charge in [-0.25, -0.2) is 0 Å². The first-order valence-corrected chi connectivity index (χ1v) is 7.89. The molecule has 9 heteroatoms. The Kier molecular flexibility index (Phi) is 6.89. The minimum Gasteiger partial charge on any atom is -0.480 e. The SMILES string of the molecule is CCCSc1nsc(NC(=O)CN(C)C(C)C(=O)O)n1. The summed E-state index contributed by atoms with van der Waals surface area (Å²) in [5, 5.41) is 12.6. The normalized spacial score (nSPS) is 12.4. The zero-order chi connectivity index (χ0) is 15.1. The standard InChI is InChI=1S/C11H18N4O3S2/c1-4-5-19-11-13-10(20-14-11)12-8(16)6-15(3)7(2)9(17)18/h7H,4-6H2,1-3H3,(H,17,18)(H,12,13,14,16). The highest BCUT2D eigenvalue weighted by Gasteiger charge is 2.19. The number of aliphatic carboxylic acids is 1. The maximum Gasteiger partial charge on any atom is 0.320 e. The molecular formula is C11H18N4O3S2. The minimum absolute atomic E-state index is 0.00944. The van der Waals surface area contributed by atoms with Crippen molar-refractivity contribution in [3.63, 3.8) is 0 Å². The molecule has 0 fully saturated rings. The number of thioether (sulfide) groups is 1. The van der Waals surface area contributed by atoms with Gasteiger partial charge in [0, 0.05) is 17.3 Å². The number of hydrogen-bond acceptors (Lipinski definition) is 7. The smallest absolute Gasteiger partial charge is 0.320 e. The van der Waals surface area contributed by atoms with Crippen molar-refractivity contribution in [2.24, 2.45) is 0 Å². The molecule has 0 saturated carbocycles. The highest BCUT2D eigenvalue weighted by Crippen LogP contribution is 2.20. The van der Waals surface area contributed by atoms with Gasteiger partial charge in [0.1, 0.15) is 6.04 Å². The monoisotopic (exact) mass is 318 g/mol. The summed E-state index contributed by atoms with van der Waals surface area (Å²) in [6.45, 7) is 3.59. The molecule has 0 aliphatic heterocycles. The lowest BCUT2D eigenvalue weighted by atomic mass is 10.3. The van der Waals surface area contributed by atoms with Crippen molar-refractivity contribution in [3.05, 3.63) is 0 Å². The molecule has 1 aromatic heterocycles. The van der Waals surface area contributed by atoms with Gasteiger partial charge in [-0.2, -0.15) is 9.36 Å². The Morgan fingerprint density at radius 3 is 2.85 bits per heavy atom. The first-order valence-electron chi connectivity index (χ1n) is 6.13. The average molecular weight is 318 g/mol. The number of carbonyl (C=O) groups is 2. The van der Waals surface area contributed by atoms with E-state index in [1.807, 2.05) is 0 Å². The third-order valence-corrected chi connectivity index (χ3v) is 4.30. The maximum atomic E-state index is 11.8. The molecule has 0 aromatic carbocycles. The van der Waals surface area contributed by atoms with Crippen molar-refractivity contribution in [2.45, 2.75) is 31.5 Å². The van der Waals surface area contributed by atoms with Crippen molar-refractivity contribution in [1.82, 2.24) is 14.3 Å². The molecule has 1 heterocycles. The molecule has 0 radical (unpaired) electrons. The number of likely N-dealkylation sites (N-methyl/N-ethyl adjacent to an activating group) is 1. The van der Waals surface area contributed by atoms with Crippen LogP contribution in [0.25, 0.3) is 0 Å². The number of anilines is 1. The van der Waals surface area contributed by atoms with E-state index >= 15 is 0 Å². The van der Waals surface area contributed by atoms with Crippen LogP contribution < -0.4 is 5.32 Å². The lowest BCUT2D eigenvalue weighted by molar-refractivity contribution is -0.142. The number of carboxylic acids is 1. The Hall–Kier alpha value is -1.19. The van der Waals surface area contributed by atoms with E-state index in [1.54, 1.807) is 7.05 Å². The van der Waals surface area contributed by atoms with E-state index in [9.17, 15) is 9.59 Å². The fourth-order valence-electron chi connectivity index (χ4n) is 1.22. The van der Waals surface area contributed by atoms with Crippen LogP contribution in [0, 0.1) is 0 Å². The fourth-order valence-corrected chi connectivity index (χ4v) is 2.64. The lowest BCUT2D eigenvalue weighted by Gasteiger charge is -2.19. The Bertz CT molecular complexity index is 466. The van der Waals surface area contributed by atoms with Gasteiger partial charge >= 0.3 is 5.97 Å². The molecule has 20 heavy (non-hydrogen) atoms. The summed E-state index contributed by atoms with van der Waals surface area (Å²) in [6.07, 6.45) is 1.03. The van der Waals surface area contributed by atoms with Crippen LogP contribution in [0.1, 0.15) is 20.3 Å². The van der Waals surface area contributed by atoms with Gasteiger partial charge in [-0.05, 0) is 20.4 Å². The van der Waals surface area contributed by atoms with Gasteiger partial charge in [0.25, 0.3) is 0 Å². The highest BCUT2D eigenvalue weighted by molar-refractivity contribution is 7.99. The van der Waals surface area contributed by atoms with E-state index in [-0.39, 0.29) is 12.5 Å². The van der Waals surface area contributed by atoms with Crippen LogP contribution in [0.3, 0.4) is 0 Å². The molecule has 112 valence electrons. The Morgan fingerprint density at radius 2 is 2.25 bits per heavy atom. The predicted molar refractivity (Wildman–Crippen MR) is 79.3 cm³/mol. The Morgan fingerprint density at radius 1 is 1.55 bits per heavy atom. The van der Waals surface area contributed by atoms with Crippen LogP contribution in [0.5, 0.6) is 0 Å². The largest absolute Gasteiger partial charge is 0.480 e. The highest BCUT2D eigenvalue weighted by atomic mass is 32.2. The number of nitrogens with zero attached hydrogens (tertiary/aromatic N) is 3. The van der Waals surface area contributed by atoms with Gasteiger partial charge in [0.05, 0.1) is 6.54 Å². The average Bonchev–Trinajstić information content (AvgIpc) is 2.82. The number of hydrogen-bond donors (Lipinski definition) is 2. The Labute approximate surface area is 125 Å². The van der Waals surface area contributed by atoms with E-state index < -0.39 is 12.0 Å².